The maximum atomic E-state index is 13.2. The van der Waals surface area contributed by atoms with Gasteiger partial charge in [-0.1, -0.05) is 0 Å². The van der Waals surface area contributed by atoms with Gasteiger partial charge in [0.15, 0.2) is 35.1 Å². The summed E-state index contributed by atoms with van der Waals surface area (Å²) in [5, 5.41) is 20.8. The van der Waals surface area contributed by atoms with Crippen LogP contribution in [0.4, 0.5) is 11.8 Å². The first-order chi connectivity index (χ1) is 21.5. The van der Waals surface area contributed by atoms with Crippen LogP contribution in [0.1, 0.15) is 18.9 Å². The number of anilines is 2. The summed E-state index contributed by atoms with van der Waals surface area (Å²) in [6.45, 7) is -1.16. The van der Waals surface area contributed by atoms with Gasteiger partial charge in [-0.05, 0) is 4.57 Å². The van der Waals surface area contributed by atoms with Crippen molar-refractivity contribution in [1.29, 1.82) is 0 Å². The minimum Gasteiger partial charge on any atom is -0.394 e. The number of nitrogens with zero attached hydrogens (tertiary/aromatic N) is 7. The highest BCUT2D eigenvalue weighted by molar-refractivity contribution is 7.47. The molecule has 9 atom stereocenters. The van der Waals surface area contributed by atoms with Gasteiger partial charge >= 0.3 is 15.9 Å². The third kappa shape index (κ3) is 6.18. The van der Waals surface area contributed by atoms with Crippen molar-refractivity contribution in [3.8, 4) is 0 Å². The monoisotopic (exact) mass is 673 g/mol. The molecule has 2 saturated heterocycles. The maximum absolute atomic E-state index is 13.2. The molecule has 4 unspecified atom stereocenters. The number of nitrogens with two attached hydrogens (primary N) is 2. The van der Waals surface area contributed by atoms with Gasteiger partial charge in [0.05, 0.1) is 32.0 Å². The number of nitrogen functional groups attached to an aromatic ring is 2. The molecule has 242 valence electrons. The number of hydrogen-bond donors (Lipinski definition) is 7. The molecule has 0 spiro atoms. The highest BCUT2D eigenvalue weighted by Gasteiger charge is 2.49. The molecule has 2 aliphatic heterocycles. The van der Waals surface area contributed by atoms with Gasteiger partial charge in [0.25, 0.3) is 11.9 Å². The molecule has 22 nitrogen and oxygen atoms in total. The second-order valence-corrected chi connectivity index (χ2v) is 12.4. The first kappa shape index (κ1) is 31.5. The topological polar surface area (TPSA) is 320 Å². The molecule has 4 aromatic heterocycles. The molecule has 6 rings (SSSR count). The zero-order valence-electron chi connectivity index (χ0n) is 22.8. The Bertz CT molecular complexity index is 1840. The minimum atomic E-state index is -4.95. The number of phosphoric acid groups is 1. The van der Waals surface area contributed by atoms with Crippen LogP contribution in [0.25, 0.3) is 22.3 Å². The number of hydrogen-bond acceptors (Lipinski definition) is 17. The lowest BCUT2D eigenvalue weighted by Crippen LogP contribution is -2.36. The van der Waals surface area contributed by atoms with Gasteiger partial charge in [-0.25, -0.2) is 24.5 Å². The van der Waals surface area contributed by atoms with Gasteiger partial charge in [0.1, 0.15) is 36.3 Å². The van der Waals surface area contributed by atoms with Crippen LogP contribution in [0.5, 0.6) is 0 Å². The highest BCUT2D eigenvalue weighted by atomic mass is 31.2. The van der Waals surface area contributed by atoms with E-state index in [1.165, 1.54) is 28.1 Å². The summed E-state index contributed by atoms with van der Waals surface area (Å²) in [5.41, 5.74) is 11.2. The number of H-pyrrole nitrogens is 1. The van der Waals surface area contributed by atoms with E-state index in [-0.39, 0.29) is 40.5 Å². The van der Waals surface area contributed by atoms with Crippen molar-refractivity contribution >= 4 is 49.9 Å². The van der Waals surface area contributed by atoms with Crippen molar-refractivity contribution in [3.05, 3.63) is 29.3 Å². The summed E-state index contributed by atoms with van der Waals surface area (Å²) in [7, 11) is -7.72. The number of fused-ring (bicyclic) bond motifs is 2. The molecule has 2 aliphatic rings. The van der Waals surface area contributed by atoms with Crippen LogP contribution in [-0.4, -0.2) is 109 Å². The number of imidazole rings is 2. The van der Waals surface area contributed by atoms with E-state index >= 15 is 0 Å². The number of nitrogens with one attached hydrogen (secondary N) is 1. The summed E-state index contributed by atoms with van der Waals surface area (Å²) in [4.78, 5) is 54.6. The molecule has 6 heterocycles. The van der Waals surface area contributed by atoms with Crippen molar-refractivity contribution in [2.24, 2.45) is 0 Å². The molecule has 9 N–H and O–H groups in total. The standard InChI is InChI=1S/C21H26N10O12P2/c22-15-11-16(25-4-24-15)30(5-26-11)20-13(33)14(39-7-44(35)36)10(42-20)3-40-45(37,38)43-9-1-8(2-32)41-19(9)31-6-27-12-17(31)28-21(23)29-18(12)34/h4-6,8-10,13-14,19-20,32-33H,1-3,7H2,(H6-,22,23,24,25,28,29,34,35,36,37,38)/p+1/t8-,9?,10+,13?,14-,19+,20+/m0/s1. The number of aromatic nitrogens is 8. The van der Waals surface area contributed by atoms with Crippen molar-refractivity contribution in [2.45, 2.75) is 49.4 Å². The van der Waals surface area contributed by atoms with E-state index in [9.17, 15) is 33.9 Å². The second kappa shape index (κ2) is 12.3. The molecular formula is C21H27N10O12P2+. The average molecular weight is 673 g/mol. The Kier molecular flexibility index (Phi) is 8.63. The van der Waals surface area contributed by atoms with Crippen molar-refractivity contribution in [1.82, 2.24) is 39.0 Å². The molecule has 24 heteroatoms. The van der Waals surface area contributed by atoms with Gasteiger partial charge in [-0.3, -0.25) is 28.0 Å². The molecule has 0 aliphatic carbocycles. The number of ether oxygens (including phenoxy) is 3. The van der Waals surface area contributed by atoms with Crippen LogP contribution < -0.4 is 17.0 Å². The fraction of sp³-hybridized carbons (Fsp3) is 0.524. The largest absolute Gasteiger partial charge is 0.534 e. The van der Waals surface area contributed by atoms with E-state index < -0.39 is 83.9 Å². The smallest absolute Gasteiger partial charge is 0.394 e. The van der Waals surface area contributed by atoms with E-state index in [0.717, 1.165) is 0 Å². The zero-order valence-corrected chi connectivity index (χ0v) is 24.6. The quantitative estimate of drug-likeness (QED) is 0.0867. The van der Waals surface area contributed by atoms with Crippen molar-refractivity contribution in [3.63, 3.8) is 0 Å². The minimum absolute atomic E-state index is 0.00257. The third-order valence-electron chi connectivity index (χ3n) is 7.09. The van der Waals surface area contributed by atoms with Gasteiger partial charge in [-0.15, -0.1) is 0 Å². The summed E-state index contributed by atoms with van der Waals surface area (Å²) in [5.74, 6) is -0.138. The normalized spacial score (nSPS) is 28.6. The molecule has 0 saturated carbocycles. The third-order valence-corrected chi connectivity index (χ3v) is 8.47. The van der Waals surface area contributed by atoms with Gasteiger partial charge in [0, 0.05) is 6.42 Å². The fourth-order valence-electron chi connectivity index (χ4n) is 5.17. The molecular weight excluding hydrogens is 646 g/mol. The molecule has 0 aromatic carbocycles. The summed E-state index contributed by atoms with van der Waals surface area (Å²) >= 11 is 0. The van der Waals surface area contributed by atoms with E-state index in [2.05, 4.69) is 29.9 Å². The fourth-order valence-corrected chi connectivity index (χ4v) is 6.40. The molecule has 0 amide bonds. The van der Waals surface area contributed by atoms with E-state index in [4.69, 9.17) is 34.7 Å². The summed E-state index contributed by atoms with van der Waals surface area (Å²) in [6.07, 6.45) is -5.60. The molecule has 0 bridgehead atoms. The lowest BCUT2D eigenvalue weighted by molar-refractivity contribution is -0.0647. The Morgan fingerprint density at radius 2 is 1.84 bits per heavy atom. The Balaban J connectivity index is 1.20. The van der Waals surface area contributed by atoms with Crippen LogP contribution in [0.15, 0.2) is 23.8 Å². The number of aliphatic hydroxyl groups excluding tert-OH is 2. The zero-order chi connectivity index (χ0) is 32.0. The van der Waals surface area contributed by atoms with E-state index in [0.29, 0.717) is 0 Å². The predicted octanol–water partition coefficient (Wildman–Crippen LogP) is -1.76. The molecule has 2 fully saturated rings. The Hall–Kier alpha value is -3.53. The first-order valence-corrected chi connectivity index (χ1v) is 16.0. The molecule has 0 radical (unpaired) electrons. The van der Waals surface area contributed by atoms with Crippen LogP contribution in [0.2, 0.25) is 0 Å². The van der Waals surface area contributed by atoms with Crippen LogP contribution in [-0.2, 0) is 32.4 Å². The lowest BCUT2D eigenvalue weighted by atomic mass is 10.1. The van der Waals surface area contributed by atoms with Gasteiger partial charge < -0.3 is 40.8 Å². The Labute approximate surface area is 251 Å². The van der Waals surface area contributed by atoms with E-state index in [1.54, 1.807) is 0 Å². The maximum Gasteiger partial charge on any atom is 0.534 e. The van der Waals surface area contributed by atoms with Gasteiger partial charge in [0.2, 0.25) is 5.95 Å². The van der Waals surface area contributed by atoms with Crippen LogP contribution in [0, 0.1) is 0 Å². The van der Waals surface area contributed by atoms with Crippen molar-refractivity contribution < 1.29 is 52.4 Å². The Morgan fingerprint density at radius 1 is 1.11 bits per heavy atom. The number of aliphatic hydroxyl groups is 2. The van der Waals surface area contributed by atoms with E-state index in [1.807, 2.05) is 0 Å². The predicted molar refractivity (Wildman–Crippen MR) is 148 cm³/mol. The molecule has 45 heavy (non-hydrogen) atoms. The van der Waals surface area contributed by atoms with Crippen LogP contribution >= 0.6 is 15.9 Å². The highest BCUT2D eigenvalue weighted by Crippen LogP contribution is 2.50. The van der Waals surface area contributed by atoms with Gasteiger partial charge in [-0.2, -0.15) is 9.88 Å². The Morgan fingerprint density at radius 3 is 2.58 bits per heavy atom. The number of aromatic amines is 1. The van der Waals surface area contributed by atoms with Crippen LogP contribution in [0.3, 0.4) is 0 Å². The number of rotatable bonds is 11. The SMILES string of the molecule is Nc1nc2c(ncn2[C@@H]2O[C@H](CO)CC2OP(=O)(O)OC[C@H]2O[C@@H](n3cnc4c(N)ncnc43)C(O)[C@H]2OC[P+](=O)O)c(=O)[nH]1. The van der Waals surface area contributed by atoms with Crippen molar-refractivity contribution in [2.75, 3.05) is 31.0 Å². The second-order valence-electron chi connectivity index (χ2n) is 10.0. The molecule has 4 aromatic rings. The summed E-state index contributed by atoms with van der Waals surface area (Å²) in [6, 6.07) is 0. The first-order valence-electron chi connectivity index (χ1n) is 13.1. The number of phosphoric ester groups is 1. The average Bonchev–Trinajstić information content (AvgIpc) is 3.75. The lowest BCUT2D eigenvalue weighted by Gasteiger charge is -2.24. The summed E-state index contributed by atoms with van der Waals surface area (Å²) < 4.78 is 54.9.